The molecule has 0 fully saturated rings. The Balaban J connectivity index is 3.75. The average Bonchev–Trinajstić information content (AvgIpc) is 1.65. The van der Waals surface area contributed by atoms with Gasteiger partial charge in [-0.05, 0) is 0 Å². The van der Waals surface area contributed by atoms with Crippen molar-refractivity contribution < 1.29 is 15.0 Å². The topological polar surface area (TPSA) is 87.9 Å². The van der Waals surface area contributed by atoms with Crippen molar-refractivity contribution in [2.24, 2.45) is 10.8 Å². The Morgan fingerprint density at radius 3 is 2.62 bits per heavy atom. The molecule has 0 heterocycles. The van der Waals surface area contributed by atoms with Crippen LogP contribution in [0.2, 0.25) is 0 Å². The molecule has 0 saturated heterocycles. The van der Waals surface area contributed by atoms with Gasteiger partial charge in [-0.1, -0.05) is 0 Å². The number of rotatable bonds is 1. The fraction of sp³-hybridized carbons (Fsp3) is 0.500. The van der Waals surface area contributed by atoms with Crippen LogP contribution in [0.1, 0.15) is 0 Å². The molecule has 46 valence electrons. The van der Waals surface area contributed by atoms with E-state index in [1.54, 1.807) is 0 Å². The lowest BCUT2D eigenvalue weighted by Gasteiger charge is -1.85. The maximum atomic E-state index is 9.54. The molecular formula is C2H6N3O3+. The van der Waals surface area contributed by atoms with Crippen molar-refractivity contribution in [1.82, 2.24) is 0 Å². The van der Waals surface area contributed by atoms with Crippen LogP contribution in [0, 0.1) is 4.91 Å². The third-order valence-corrected chi connectivity index (χ3v) is 0.393. The maximum absolute atomic E-state index is 9.54. The van der Waals surface area contributed by atoms with Crippen LogP contribution >= 0.6 is 0 Å². The highest BCUT2D eigenvalue weighted by atomic mass is 16.7. The van der Waals surface area contributed by atoms with E-state index in [0.29, 0.717) is 0 Å². The van der Waals surface area contributed by atoms with Crippen LogP contribution in [0.25, 0.3) is 0 Å². The first kappa shape index (κ1) is 6.67. The standard InChI is InChI=1S/C2H6N3O3/c1-8-2(3)4-5(6)7/h1H3,(H2,3,4)(H,6,7)/q+1. The molecule has 0 aromatic rings. The molecule has 0 aromatic carbocycles. The average molecular weight is 120 g/mol. The summed E-state index contributed by atoms with van der Waals surface area (Å²) in [5.41, 5.74) is 4.80. The van der Waals surface area contributed by atoms with E-state index in [0.717, 1.165) is 0 Å². The summed E-state index contributed by atoms with van der Waals surface area (Å²) < 4.78 is 4.19. The van der Waals surface area contributed by atoms with Gasteiger partial charge in [0.15, 0.2) is 5.10 Å². The highest BCUT2D eigenvalue weighted by molar-refractivity contribution is 5.70. The molecule has 0 aromatic heterocycles. The molecule has 0 aliphatic heterocycles. The van der Waals surface area contributed by atoms with Crippen molar-refractivity contribution >= 4 is 6.02 Å². The molecule has 0 aliphatic carbocycles. The van der Waals surface area contributed by atoms with Gasteiger partial charge in [-0.15, -0.1) is 0 Å². The summed E-state index contributed by atoms with van der Waals surface area (Å²) in [5.74, 6) is 0. The Bertz CT molecular complexity index is 120. The summed E-state index contributed by atoms with van der Waals surface area (Å²) in [7, 11) is 1.22. The number of ether oxygens (including phenoxy) is 1. The molecule has 0 radical (unpaired) electrons. The van der Waals surface area contributed by atoms with E-state index in [1.807, 2.05) is 0 Å². The zero-order valence-electron chi connectivity index (χ0n) is 4.24. The van der Waals surface area contributed by atoms with Crippen molar-refractivity contribution in [3.8, 4) is 0 Å². The fourth-order valence-corrected chi connectivity index (χ4v) is 0.125. The highest BCUT2D eigenvalue weighted by Gasteiger charge is 2.00. The summed E-state index contributed by atoms with van der Waals surface area (Å²) in [6.45, 7) is 0. The van der Waals surface area contributed by atoms with Gasteiger partial charge in [-0.3, -0.25) is 0 Å². The van der Waals surface area contributed by atoms with Gasteiger partial charge in [-0.25, -0.2) is 5.21 Å². The summed E-state index contributed by atoms with van der Waals surface area (Å²) in [4.78, 5) is 9.54. The van der Waals surface area contributed by atoms with Gasteiger partial charge in [0, 0.05) is 0 Å². The van der Waals surface area contributed by atoms with Gasteiger partial charge < -0.3 is 10.5 Å². The zero-order valence-corrected chi connectivity index (χ0v) is 4.24. The third kappa shape index (κ3) is 2.88. The van der Waals surface area contributed by atoms with Gasteiger partial charge >= 0.3 is 11.1 Å². The minimum atomic E-state index is -0.682. The molecule has 6 nitrogen and oxygen atoms in total. The van der Waals surface area contributed by atoms with Crippen molar-refractivity contribution in [3.63, 3.8) is 0 Å². The minimum Gasteiger partial charge on any atom is -0.464 e. The smallest absolute Gasteiger partial charge is 0.393 e. The Morgan fingerprint density at radius 1 is 2.00 bits per heavy atom. The van der Waals surface area contributed by atoms with E-state index in [4.69, 9.17) is 10.9 Å². The molecule has 6 heteroatoms. The number of nitrogens with zero attached hydrogens (tertiary/aromatic N) is 2. The van der Waals surface area contributed by atoms with Gasteiger partial charge in [0.2, 0.25) is 0 Å². The maximum Gasteiger partial charge on any atom is 0.393 e. The van der Waals surface area contributed by atoms with Crippen LogP contribution in [0.5, 0.6) is 0 Å². The predicted octanol–water partition coefficient (Wildman–Crippen LogP) is -0.969. The highest BCUT2D eigenvalue weighted by Crippen LogP contribution is 1.68. The molecule has 0 unspecified atom stereocenters. The Hall–Kier alpha value is -1.33. The lowest BCUT2D eigenvalue weighted by Crippen LogP contribution is -2.15. The second-order valence-electron chi connectivity index (χ2n) is 0.895. The second-order valence-corrected chi connectivity index (χ2v) is 0.895. The molecule has 0 bridgehead atoms. The molecule has 0 rings (SSSR count). The Morgan fingerprint density at radius 2 is 2.50 bits per heavy atom. The Kier molecular flexibility index (Phi) is 2.32. The molecule has 3 N–H and O–H groups in total. The van der Waals surface area contributed by atoms with E-state index in [2.05, 4.69) is 9.84 Å². The number of hydrogen-bond acceptors (Lipinski definition) is 2. The number of methoxy groups -OCH3 is 1. The normalized spacial score (nSPS) is 10.9. The quantitative estimate of drug-likeness (QED) is 0.265. The van der Waals surface area contributed by atoms with E-state index in [1.165, 1.54) is 7.11 Å². The number of amidine groups is 1. The molecule has 0 amide bonds. The van der Waals surface area contributed by atoms with Gasteiger partial charge in [0.05, 0.1) is 7.11 Å². The van der Waals surface area contributed by atoms with Crippen LogP contribution in [0.3, 0.4) is 0 Å². The largest absolute Gasteiger partial charge is 0.464 e. The van der Waals surface area contributed by atoms with Crippen LogP contribution in [0.15, 0.2) is 5.10 Å². The summed E-state index contributed by atoms with van der Waals surface area (Å²) in [6, 6.07) is -0.387. The lowest BCUT2D eigenvalue weighted by atomic mass is 11.2. The monoisotopic (exact) mass is 120 g/mol. The summed E-state index contributed by atoms with van der Waals surface area (Å²) in [6.07, 6.45) is 0. The number of hydrogen-bond donors (Lipinski definition) is 2. The van der Waals surface area contributed by atoms with Crippen LogP contribution in [0.4, 0.5) is 0 Å². The molecule has 0 spiro atoms. The van der Waals surface area contributed by atoms with E-state index in [9.17, 15) is 4.91 Å². The third-order valence-electron chi connectivity index (χ3n) is 0.393. The van der Waals surface area contributed by atoms with Gasteiger partial charge in [-0.2, -0.15) is 0 Å². The molecule has 0 atom stereocenters. The van der Waals surface area contributed by atoms with Crippen molar-refractivity contribution in [2.45, 2.75) is 0 Å². The van der Waals surface area contributed by atoms with Crippen molar-refractivity contribution in [3.05, 3.63) is 4.91 Å². The zero-order chi connectivity index (χ0) is 6.57. The predicted molar refractivity (Wildman–Crippen MR) is 24.0 cm³/mol. The van der Waals surface area contributed by atoms with E-state index >= 15 is 0 Å². The first-order valence-corrected chi connectivity index (χ1v) is 1.71. The number of hydrazone groups is 1. The number of nitrogens with two attached hydrogens (primary N) is 1. The lowest BCUT2D eigenvalue weighted by molar-refractivity contribution is -0.796. The SMILES string of the molecule is CO/C(N)=N\[N+](=O)O. The van der Waals surface area contributed by atoms with Crippen LogP contribution in [-0.2, 0) is 4.74 Å². The molecule has 8 heavy (non-hydrogen) atoms. The first-order chi connectivity index (χ1) is 3.66. The van der Waals surface area contributed by atoms with E-state index in [-0.39, 0.29) is 6.02 Å². The van der Waals surface area contributed by atoms with Crippen molar-refractivity contribution in [2.75, 3.05) is 7.11 Å². The fourth-order valence-electron chi connectivity index (χ4n) is 0.125. The van der Waals surface area contributed by atoms with Gasteiger partial charge in [0.1, 0.15) is 4.91 Å². The Labute approximate surface area is 45.1 Å². The van der Waals surface area contributed by atoms with E-state index < -0.39 is 5.03 Å². The molecular weight excluding hydrogens is 114 g/mol. The molecule has 0 aliphatic rings. The second kappa shape index (κ2) is 2.78. The van der Waals surface area contributed by atoms with Crippen LogP contribution in [-0.4, -0.2) is 23.4 Å². The van der Waals surface area contributed by atoms with Crippen LogP contribution < -0.4 is 5.73 Å². The van der Waals surface area contributed by atoms with Gasteiger partial charge in [0.25, 0.3) is 0 Å². The first-order valence-electron chi connectivity index (χ1n) is 1.71. The summed E-state index contributed by atoms with van der Waals surface area (Å²) >= 11 is 0. The summed E-state index contributed by atoms with van der Waals surface area (Å²) in [5, 5.41) is 9.80. The van der Waals surface area contributed by atoms with Crippen molar-refractivity contribution in [1.29, 1.82) is 0 Å². The molecule has 0 saturated carbocycles. The minimum absolute atomic E-state index is 0.387.